The normalized spacial score (nSPS) is 15.0. The first-order valence-electron chi connectivity index (χ1n) is 10.6. The summed E-state index contributed by atoms with van der Waals surface area (Å²) in [5.41, 5.74) is 2.21. The van der Waals surface area contributed by atoms with Crippen LogP contribution >= 0.6 is 11.3 Å². The predicted octanol–water partition coefficient (Wildman–Crippen LogP) is 3.35. The average Bonchev–Trinajstić information content (AvgIpc) is 3.30. The van der Waals surface area contributed by atoms with Crippen LogP contribution in [-0.2, 0) is 4.74 Å². The Hall–Kier alpha value is -2.49. The molecule has 0 radical (unpaired) electrons. The number of thiazole rings is 1. The Morgan fingerprint density at radius 3 is 2.74 bits per heavy atom. The third-order valence-electron chi connectivity index (χ3n) is 5.70. The maximum absolute atomic E-state index is 13.9. The molecule has 2 aromatic heterocycles. The zero-order valence-corrected chi connectivity index (χ0v) is 19.0. The number of amides is 1. The fourth-order valence-corrected chi connectivity index (χ4v) is 5.02. The van der Waals surface area contributed by atoms with Crippen molar-refractivity contribution in [2.24, 2.45) is 0 Å². The lowest BCUT2D eigenvalue weighted by Gasteiger charge is -2.33. The van der Waals surface area contributed by atoms with E-state index in [1.807, 2.05) is 22.3 Å². The number of carbonyl (C=O) groups is 1. The number of nitrogens with zero attached hydrogens (tertiary/aromatic N) is 4. The molecule has 1 amide bonds. The molecule has 1 N–H and O–H groups in total. The molecule has 0 aliphatic carbocycles. The van der Waals surface area contributed by atoms with Crippen LogP contribution in [0.25, 0.3) is 16.2 Å². The van der Waals surface area contributed by atoms with Crippen molar-refractivity contribution in [2.45, 2.75) is 13.8 Å². The number of hydrogen-bond donors (Lipinski definition) is 1. The van der Waals surface area contributed by atoms with E-state index in [1.165, 1.54) is 23.5 Å². The molecule has 166 valence electrons. The highest BCUT2D eigenvalue weighted by Gasteiger charge is 2.27. The van der Waals surface area contributed by atoms with Crippen LogP contribution in [0.5, 0.6) is 0 Å². The van der Waals surface area contributed by atoms with Gasteiger partial charge in [0.1, 0.15) is 22.2 Å². The van der Waals surface area contributed by atoms with Crippen molar-refractivity contribution in [1.82, 2.24) is 19.2 Å². The van der Waals surface area contributed by atoms with E-state index in [2.05, 4.69) is 17.1 Å². The minimum atomic E-state index is -0.310. The van der Waals surface area contributed by atoms with Crippen molar-refractivity contribution < 1.29 is 13.9 Å². The Labute approximate surface area is 185 Å². The van der Waals surface area contributed by atoms with Gasteiger partial charge in [-0.1, -0.05) is 30.4 Å². The Balaban J connectivity index is 1.70. The van der Waals surface area contributed by atoms with E-state index < -0.39 is 0 Å². The van der Waals surface area contributed by atoms with Crippen LogP contribution in [0.3, 0.4) is 0 Å². The number of anilines is 1. The van der Waals surface area contributed by atoms with E-state index in [0.29, 0.717) is 34.2 Å². The summed E-state index contributed by atoms with van der Waals surface area (Å²) in [6.07, 6.45) is 0. The maximum Gasteiger partial charge on any atom is 0.265 e. The van der Waals surface area contributed by atoms with Crippen LogP contribution < -0.4 is 5.32 Å². The molecule has 31 heavy (non-hydrogen) atoms. The second-order valence-corrected chi connectivity index (χ2v) is 8.58. The van der Waals surface area contributed by atoms with Crippen molar-refractivity contribution in [3.8, 4) is 11.3 Å². The van der Waals surface area contributed by atoms with Crippen molar-refractivity contribution in [2.75, 3.05) is 58.3 Å². The first-order chi connectivity index (χ1) is 15.0. The average molecular weight is 446 g/mol. The highest BCUT2D eigenvalue weighted by Crippen LogP contribution is 2.35. The molecule has 0 spiro atoms. The number of carbonyl (C=O) groups excluding carboxylic acids is 1. The van der Waals surface area contributed by atoms with E-state index in [-0.39, 0.29) is 11.7 Å². The first kappa shape index (κ1) is 21.7. The van der Waals surface area contributed by atoms with Gasteiger partial charge >= 0.3 is 0 Å². The highest BCUT2D eigenvalue weighted by molar-refractivity contribution is 7.19. The highest BCUT2D eigenvalue weighted by atomic mass is 32.1. The summed E-state index contributed by atoms with van der Waals surface area (Å²) in [6.45, 7) is 9.46. The Kier molecular flexibility index (Phi) is 6.54. The smallest absolute Gasteiger partial charge is 0.265 e. The molecule has 1 aliphatic rings. The molecule has 0 unspecified atom stereocenters. The number of nitrogens with one attached hydrogen (secondary N) is 1. The molecule has 1 saturated heterocycles. The number of rotatable bonds is 7. The maximum atomic E-state index is 13.9. The van der Waals surface area contributed by atoms with Crippen molar-refractivity contribution in [1.29, 1.82) is 0 Å². The van der Waals surface area contributed by atoms with Crippen molar-refractivity contribution >= 4 is 28.0 Å². The molecule has 4 rings (SSSR count). The standard InChI is InChI=1S/C22H28FN5O2S/c1-4-26-9-11-27(12-10-26)21(29)19-15(2)28-20(24-8-13-30-3)18(25-22(28)31-19)16-6-5-7-17(23)14-16/h5-7,14,24H,4,8-13H2,1-3H3. The van der Waals surface area contributed by atoms with Gasteiger partial charge in [-0.15, -0.1) is 0 Å². The monoisotopic (exact) mass is 445 g/mol. The van der Waals surface area contributed by atoms with E-state index in [9.17, 15) is 9.18 Å². The molecule has 1 aliphatic heterocycles. The number of aromatic nitrogens is 2. The van der Waals surface area contributed by atoms with Gasteiger partial charge in [0.2, 0.25) is 0 Å². The molecular weight excluding hydrogens is 417 g/mol. The minimum Gasteiger partial charge on any atom is -0.383 e. The largest absolute Gasteiger partial charge is 0.383 e. The summed E-state index contributed by atoms with van der Waals surface area (Å²) < 4.78 is 21.0. The quantitative estimate of drug-likeness (QED) is 0.565. The van der Waals surface area contributed by atoms with Crippen LogP contribution in [0.4, 0.5) is 10.2 Å². The second-order valence-electron chi connectivity index (χ2n) is 7.60. The lowest BCUT2D eigenvalue weighted by molar-refractivity contribution is 0.0647. The number of benzene rings is 1. The Morgan fingerprint density at radius 2 is 2.06 bits per heavy atom. The summed E-state index contributed by atoms with van der Waals surface area (Å²) in [6, 6.07) is 6.41. The topological polar surface area (TPSA) is 62.1 Å². The summed E-state index contributed by atoms with van der Waals surface area (Å²) in [5, 5.41) is 3.37. The third-order valence-corrected chi connectivity index (χ3v) is 6.83. The van der Waals surface area contributed by atoms with E-state index in [1.54, 1.807) is 13.2 Å². The second kappa shape index (κ2) is 9.33. The number of piperazine rings is 1. The molecule has 3 aromatic rings. The number of likely N-dealkylation sites (N-methyl/N-ethyl adjacent to an activating group) is 1. The molecule has 9 heteroatoms. The lowest BCUT2D eigenvalue weighted by Crippen LogP contribution is -2.48. The first-order valence-corrected chi connectivity index (χ1v) is 11.4. The van der Waals surface area contributed by atoms with Crippen molar-refractivity contribution in [3.05, 3.63) is 40.7 Å². The van der Waals surface area contributed by atoms with Gasteiger partial charge in [-0.2, -0.15) is 0 Å². The number of halogens is 1. The number of methoxy groups -OCH3 is 1. The number of imidazole rings is 1. The molecule has 1 aromatic carbocycles. The Morgan fingerprint density at radius 1 is 1.29 bits per heavy atom. The van der Waals surface area contributed by atoms with Gasteiger partial charge in [0.05, 0.1) is 6.61 Å². The van der Waals surface area contributed by atoms with Gasteiger partial charge < -0.3 is 19.9 Å². The van der Waals surface area contributed by atoms with Crippen LogP contribution in [0, 0.1) is 12.7 Å². The van der Waals surface area contributed by atoms with Gasteiger partial charge in [-0.3, -0.25) is 9.20 Å². The fourth-order valence-electron chi connectivity index (χ4n) is 3.93. The number of aryl methyl sites for hydroxylation is 1. The van der Waals surface area contributed by atoms with Crippen LogP contribution in [0.15, 0.2) is 24.3 Å². The van der Waals surface area contributed by atoms with Gasteiger partial charge in [-0.25, -0.2) is 9.37 Å². The molecule has 1 fully saturated rings. The van der Waals surface area contributed by atoms with Gasteiger partial charge in [0.15, 0.2) is 4.96 Å². The molecular formula is C22H28FN5O2S. The number of hydrogen-bond acceptors (Lipinski definition) is 6. The molecule has 0 saturated carbocycles. The SMILES string of the molecule is CCN1CCN(C(=O)c2sc3nc(-c4cccc(F)c4)c(NCCOC)n3c2C)CC1. The molecule has 7 nitrogen and oxygen atoms in total. The summed E-state index contributed by atoms with van der Waals surface area (Å²) in [4.78, 5) is 23.7. The Bertz CT molecular complexity index is 1070. The van der Waals surface area contributed by atoms with E-state index in [4.69, 9.17) is 9.72 Å². The van der Waals surface area contributed by atoms with Crippen LogP contribution in [0.2, 0.25) is 0 Å². The zero-order chi connectivity index (χ0) is 22.0. The van der Waals surface area contributed by atoms with Crippen LogP contribution in [-0.4, -0.2) is 78.1 Å². The fraction of sp³-hybridized carbons (Fsp3) is 0.455. The minimum absolute atomic E-state index is 0.0545. The van der Waals surface area contributed by atoms with E-state index in [0.717, 1.165) is 44.2 Å². The lowest BCUT2D eigenvalue weighted by atomic mass is 10.1. The molecule has 0 bridgehead atoms. The number of ether oxygens (including phenoxy) is 1. The number of fused-ring (bicyclic) bond motifs is 1. The molecule has 0 atom stereocenters. The third kappa shape index (κ3) is 4.30. The summed E-state index contributed by atoms with van der Waals surface area (Å²) in [7, 11) is 1.64. The van der Waals surface area contributed by atoms with Gasteiger partial charge in [-0.05, 0) is 25.6 Å². The summed E-state index contributed by atoms with van der Waals surface area (Å²) >= 11 is 1.39. The van der Waals surface area contributed by atoms with Gasteiger partial charge in [0, 0.05) is 51.1 Å². The van der Waals surface area contributed by atoms with Gasteiger partial charge in [0.25, 0.3) is 5.91 Å². The van der Waals surface area contributed by atoms with E-state index >= 15 is 0 Å². The predicted molar refractivity (Wildman–Crippen MR) is 122 cm³/mol. The summed E-state index contributed by atoms with van der Waals surface area (Å²) in [5.74, 6) is 0.496. The molecule has 3 heterocycles. The van der Waals surface area contributed by atoms with Crippen LogP contribution in [0.1, 0.15) is 22.3 Å². The zero-order valence-electron chi connectivity index (χ0n) is 18.2. The van der Waals surface area contributed by atoms with Crippen molar-refractivity contribution in [3.63, 3.8) is 0 Å².